The molecule has 1 atom stereocenters. The summed E-state index contributed by atoms with van der Waals surface area (Å²) in [5, 5.41) is 15.5. The van der Waals surface area contributed by atoms with Crippen molar-refractivity contribution in [2.24, 2.45) is 5.92 Å². The van der Waals surface area contributed by atoms with Gasteiger partial charge in [-0.1, -0.05) is 32.0 Å². The van der Waals surface area contributed by atoms with Crippen molar-refractivity contribution in [2.75, 3.05) is 5.32 Å². The first-order valence-electron chi connectivity index (χ1n) is 9.46. The van der Waals surface area contributed by atoms with Crippen molar-refractivity contribution in [2.45, 2.75) is 32.6 Å². The van der Waals surface area contributed by atoms with Gasteiger partial charge in [0.2, 0.25) is 5.91 Å². The third kappa shape index (κ3) is 5.50. The number of para-hydroxylation sites is 1. The van der Waals surface area contributed by atoms with Crippen LogP contribution in [0.25, 0.3) is 5.65 Å². The van der Waals surface area contributed by atoms with Crippen molar-refractivity contribution in [3.8, 4) is 0 Å². The zero-order chi connectivity index (χ0) is 22.6. The number of urea groups is 1. The molecule has 0 fully saturated rings. The van der Waals surface area contributed by atoms with E-state index in [9.17, 15) is 22.8 Å². The molecule has 11 heteroatoms. The summed E-state index contributed by atoms with van der Waals surface area (Å²) in [6, 6.07) is 9.43. The first kappa shape index (κ1) is 22.1. The molecule has 2 aromatic heterocycles. The summed E-state index contributed by atoms with van der Waals surface area (Å²) in [7, 11) is 0. The van der Waals surface area contributed by atoms with Crippen LogP contribution in [-0.2, 0) is 17.5 Å². The highest BCUT2D eigenvalue weighted by Crippen LogP contribution is 2.29. The molecular weight excluding hydrogens is 413 g/mol. The number of halogens is 3. The number of nitrogens with zero attached hydrogens (tertiary/aromatic N) is 3. The fraction of sp³-hybridized carbons (Fsp3) is 0.300. The molecule has 3 amide bonds. The van der Waals surface area contributed by atoms with E-state index in [4.69, 9.17) is 0 Å². The van der Waals surface area contributed by atoms with Crippen LogP contribution in [0.15, 0.2) is 48.7 Å². The van der Waals surface area contributed by atoms with Gasteiger partial charge in [0.25, 0.3) is 0 Å². The topological polar surface area (TPSA) is 100 Å². The molecule has 3 N–H and O–H groups in total. The number of alkyl halides is 3. The van der Waals surface area contributed by atoms with Gasteiger partial charge in [-0.15, -0.1) is 10.2 Å². The number of benzene rings is 1. The van der Waals surface area contributed by atoms with Crippen molar-refractivity contribution < 1.29 is 22.8 Å². The first-order chi connectivity index (χ1) is 14.6. The Morgan fingerprint density at radius 1 is 1.06 bits per heavy atom. The van der Waals surface area contributed by atoms with Gasteiger partial charge in [0.15, 0.2) is 11.5 Å². The van der Waals surface area contributed by atoms with Crippen LogP contribution in [-0.4, -0.2) is 32.6 Å². The zero-order valence-corrected chi connectivity index (χ0v) is 16.8. The molecule has 0 unspecified atom stereocenters. The maximum Gasteiger partial charge on any atom is 0.417 e. The third-order valence-corrected chi connectivity index (χ3v) is 4.49. The van der Waals surface area contributed by atoms with E-state index in [1.807, 2.05) is 0 Å². The van der Waals surface area contributed by atoms with Crippen LogP contribution < -0.4 is 16.0 Å². The van der Waals surface area contributed by atoms with Gasteiger partial charge in [-0.25, -0.2) is 4.79 Å². The Labute approximate surface area is 175 Å². The summed E-state index contributed by atoms with van der Waals surface area (Å²) in [5.41, 5.74) is -0.0666. The Kier molecular flexibility index (Phi) is 6.42. The number of rotatable bonds is 6. The second-order valence-electron chi connectivity index (χ2n) is 7.16. The smallest absolute Gasteiger partial charge is 0.347 e. The van der Waals surface area contributed by atoms with Gasteiger partial charge in [0.05, 0.1) is 12.1 Å². The standard InChI is InChI=1S/C20H21F3N6O2/c1-12(2)17(26-19(31)25-14-6-4-3-5-7-14)18(30)24-10-16-28-27-15-9-8-13(11-29(15)16)20(21,22)23/h3-9,11-12,17H,10H2,1-2H3,(H,24,30)(H2,25,26,31)/t17-/m0/s1. The fourth-order valence-corrected chi connectivity index (χ4v) is 2.87. The highest BCUT2D eigenvalue weighted by molar-refractivity contribution is 5.93. The molecule has 0 bridgehead atoms. The van der Waals surface area contributed by atoms with Crippen LogP contribution in [0.1, 0.15) is 25.2 Å². The fourth-order valence-electron chi connectivity index (χ4n) is 2.87. The minimum Gasteiger partial charge on any atom is -0.347 e. The molecule has 0 aliphatic rings. The van der Waals surface area contributed by atoms with Gasteiger partial charge in [-0.05, 0) is 30.2 Å². The van der Waals surface area contributed by atoms with Gasteiger partial charge >= 0.3 is 12.2 Å². The molecule has 2 heterocycles. The zero-order valence-electron chi connectivity index (χ0n) is 16.8. The number of amides is 3. The Balaban J connectivity index is 1.67. The number of aromatic nitrogens is 3. The van der Waals surface area contributed by atoms with E-state index in [-0.39, 0.29) is 23.9 Å². The van der Waals surface area contributed by atoms with E-state index >= 15 is 0 Å². The van der Waals surface area contributed by atoms with Crippen molar-refractivity contribution in [1.29, 1.82) is 0 Å². The number of hydrogen-bond donors (Lipinski definition) is 3. The molecule has 0 aliphatic carbocycles. The Bertz CT molecular complexity index is 1070. The van der Waals surface area contributed by atoms with Crippen molar-refractivity contribution in [3.63, 3.8) is 0 Å². The van der Waals surface area contributed by atoms with Crippen LogP contribution in [0.5, 0.6) is 0 Å². The van der Waals surface area contributed by atoms with E-state index in [1.165, 1.54) is 10.5 Å². The van der Waals surface area contributed by atoms with Crippen LogP contribution >= 0.6 is 0 Å². The second kappa shape index (κ2) is 9.02. The first-order valence-corrected chi connectivity index (χ1v) is 9.46. The highest BCUT2D eigenvalue weighted by Gasteiger charge is 2.31. The average Bonchev–Trinajstić information content (AvgIpc) is 3.12. The SMILES string of the molecule is CC(C)[C@H](NC(=O)Nc1ccccc1)C(=O)NCc1nnc2ccc(C(F)(F)F)cn12. The molecule has 1 aromatic carbocycles. The molecule has 0 saturated carbocycles. The number of pyridine rings is 1. The number of fused-ring (bicyclic) bond motifs is 1. The normalized spacial score (nSPS) is 12.6. The monoisotopic (exact) mass is 434 g/mol. The molecule has 164 valence electrons. The van der Waals surface area contributed by atoms with Gasteiger partial charge in [0, 0.05) is 11.9 Å². The van der Waals surface area contributed by atoms with E-state index in [1.54, 1.807) is 44.2 Å². The molecule has 3 rings (SSSR count). The molecular formula is C20H21F3N6O2. The van der Waals surface area contributed by atoms with E-state index in [0.29, 0.717) is 5.69 Å². The lowest BCUT2D eigenvalue weighted by Gasteiger charge is -2.21. The number of hydrogen-bond acceptors (Lipinski definition) is 4. The second-order valence-corrected chi connectivity index (χ2v) is 7.16. The van der Waals surface area contributed by atoms with Crippen molar-refractivity contribution in [1.82, 2.24) is 25.2 Å². The summed E-state index contributed by atoms with van der Waals surface area (Å²) in [6.07, 6.45) is -3.64. The molecule has 0 saturated heterocycles. The lowest BCUT2D eigenvalue weighted by molar-refractivity contribution is -0.137. The molecule has 3 aromatic rings. The predicted octanol–water partition coefficient (Wildman–Crippen LogP) is 3.21. The van der Waals surface area contributed by atoms with Crippen molar-refractivity contribution in [3.05, 3.63) is 60.0 Å². The van der Waals surface area contributed by atoms with Crippen LogP contribution in [0.4, 0.5) is 23.7 Å². The van der Waals surface area contributed by atoms with Gasteiger partial charge in [-0.2, -0.15) is 13.2 Å². The summed E-state index contributed by atoms with van der Waals surface area (Å²) in [6.45, 7) is 3.36. The third-order valence-electron chi connectivity index (χ3n) is 4.49. The summed E-state index contributed by atoms with van der Waals surface area (Å²) in [5.74, 6) is -0.610. The van der Waals surface area contributed by atoms with Crippen LogP contribution in [0.3, 0.4) is 0 Å². The lowest BCUT2D eigenvalue weighted by Crippen LogP contribution is -2.50. The summed E-state index contributed by atoms with van der Waals surface area (Å²) in [4.78, 5) is 24.9. The average molecular weight is 434 g/mol. The number of carbonyl (C=O) groups is 2. The van der Waals surface area contributed by atoms with E-state index < -0.39 is 29.7 Å². The minimum atomic E-state index is -4.52. The maximum atomic E-state index is 13.0. The van der Waals surface area contributed by atoms with Gasteiger partial charge < -0.3 is 16.0 Å². The maximum absolute atomic E-state index is 13.0. The van der Waals surface area contributed by atoms with Crippen LogP contribution in [0.2, 0.25) is 0 Å². The largest absolute Gasteiger partial charge is 0.417 e. The number of nitrogens with one attached hydrogen (secondary N) is 3. The van der Waals surface area contributed by atoms with Gasteiger partial charge in [0.1, 0.15) is 6.04 Å². The minimum absolute atomic E-state index is 0.130. The molecule has 0 aliphatic heterocycles. The Morgan fingerprint density at radius 3 is 2.42 bits per heavy atom. The summed E-state index contributed by atoms with van der Waals surface area (Å²) < 4.78 is 40.1. The quantitative estimate of drug-likeness (QED) is 0.555. The highest BCUT2D eigenvalue weighted by atomic mass is 19.4. The van der Waals surface area contributed by atoms with Gasteiger partial charge in [-0.3, -0.25) is 9.20 Å². The van der Waals surface area contributed by atoms with Crippen molar-refractivity contribution >= 4 is 23.3 Å². The van der Waals surface area contributed by atoms with E-state index in [0.717, 1.165) is 12.3 Å². The molecule has 0 radical (unpaired) electrons. The lowest BCUT2D eigenvalue weighted by atomic mass is 10.0. The number of anilines is 1. The number of carbonyl (C=O) groups excluding carboxylic acids is 2. The Hall–Kier alpha value is -3.63. The molecule has 8 nitrogen and oxygen atoms in total. The summed E-state index contributed by atoms with van der Waals surface area (Å²) >= 11 is 0. The molecule has 31 heavy (non-hydrogen) atoms. The van der Waals surface area contributed by atoms with E-state index in [2.05, 4.69) is 26.1 Å². The Morgan fingerprint density at radius 2 is 1.77 bits per heavy atom. The van der Waals surface area contributed by atoms with Crippen LogP contribution in [0, 0.1) is 5.92 Å². The predicted molar refractivity (Wildman–Crippen MR) is 107 cm³/mol. The molecule has 0 spiro atoms.